The number of benzene rings is 1. The summed E-state index contributed by atoms with van der Waals surface area (Å²) in [6.45, 7) is 3.90. The Balaban J connectivity index is 2.18. The number of hydrogen-bond donors (Lipinski definition) is 1. The third-order valence-electron chi connectivity index (χ3n) is 4.38. The van der Waals surface area contributed by atoms with Crippen molar-refractivity contribution in [1.82, 2.24) is 9.21 Å². The molecular formula is C15H25N3O2S. The second-order valence-corrected chi connectivity index (χ2v) is 7.90. The number of nitrogens with two attached hydrogens (primary N) is 1. The molecule has 1 fully saturated rings. The minimum absolute atomic E-state index is 0.314. The first-order valence-electron chi connectivity index (χ1n) is 7.32. The summed E-state index contributed by atoms with van der Waals surface area (Å²) < 4.78 is 26.8. The Labute approximate surface area is 127 Å². The molecule has 2 rings (SSSR count). The van der Waals surface area contributed by atoms with Crippen molar-refractivity contribution in [2.75, 3.05) is 27.2 Å². The molecule has 1 unspecified atom stereocenters. The summed E-state index contributed by atoms with van der Waals surface area (Å²) in [5, 5.41) is 0. The Morgan fingerprint density at radius 3 is 2.67 bits per heavy atom. The summed E-state index contributed by atoms with van der Waals surface area (Å²) in [6.07, 6.45) is 2.20. The third kappa shape index (κ3) is 3.45. The van der Waals surface area contributed by atoms with Crippen LogP contribution in [0, 0.1) is 6.92 Å². The second-order valence-electron chi connectivity index (χ2n) is 5.85. The predicted octanol–water partition coefficient (Wildman–Crippen LogP) is 1.17. The first kappa shape index (κ1) is 16.4. The molecule has 1 heterocycles. The van der Waals surface area contributed by atoms with E-state index in [-0.39, 0.29) is 0 Å². The Morgan fingerprint density at radius 2 is 2.14 bits per heavy atom. The molecule has 0 bridgehead atoms. The highest BCUT2D eigenvalue weighted by molar-refractivity contribution is 7.89. The average molecular weight is 311 g/mol. The molecule has 21 heavy (non-hydrogen) atoms. The monoisotopic (exact) mass is 311 g/mol. The number of aryl methyl sites for hydroxylation is 1. The van der Waals surface area contributed by atoms with Gasteiger partial charge in [0.2, 0.25) is 10.0 Å². The number of likely N-dealkylation sites (tertiary alicyclic amines) is 1. The number of nitrogens with zero attached hydrogens (tertiary/aromatic N) is 2. The Bertz CT molecular complexity index is 601. The number of sulfonamides is 1. The van der Waals surface area contributed by atoms with E-state index in [1.807, 2.05) is 6.92 Å². The van der Waals surface area contributed by atoms with Gasteiger partial charge in [0, 0.05) is 26.2 Å². The van der Waals surface area contributed by atoms with Gasteiger partial charge < -0.3 is 10.6 Å². The lowest BCUT2D eigenvalue weighted by Crippen LogP contribution is -2.39. The largest absolute Gasteiger partial charge is 0.326 e. The predicted molar refractivity (Wildman–Crippen MR) is 84.5 cm³/mol. The molecule has 0 radical (unpaired) electrons. The van der Waals surface area contributed by atoms with Crippen LogP contribution in [0.5, 0.6) is 0 Å². The van der Waals surface area contributed by atoms with Gasteiger partial charge in [-0.1, -0.05) is 6.07 Å². The smallest absolute Gasteiger partial charge is 0.242 e. The van der Waals surface area contributed by atoms with E-state index in [1.54, 1.807) is 25.2 Å². The van der Waals surface area contributed by atoms with Gasteiger partial charge in [-0.05, 0) is 56.6 Å². The van der Waals surface area contributed by atoms with Crippen LogP contribution in [0.4, 0.5) is 0 Å². The van der Waals surface area contributed by atoms with Crippen LogP contribution >= 0.6 is 0 Å². The van der Waals surface area contributed by atoms with Crippen LogP contribution in [0.15, 0.2) is 23.1 Å². The van der Waals surface area contributed by atoms with Gasteiger partial charge in [-0.3, -0.25) is 0 Å². The van der Waals surface area contributed by atoms with Gasteiger partial charge in [0.25, 0.3) is 0 Å². The number of likely N-dealkylation sites (N-methyl/N-ethyl adjacent to an activating group) is 2. The molecular weight excluding hydrogens is 286 g/mol. The van der Waals surface area contributed by atoms with Crippen LogP contribution < -0.4 is 5.73 Å². The number of hydrogen-bond acceptors (Lipinski definition) is 4. The molecule has 1 aliphatic heterocycles. The zero-order valence-corrected chi connectivity index (χ0v) is 13.9. The maximum absolute atomic E-state index is 12.7. The van der Waals surface area contributed by atoms with Gasteiger partial charge in [-0.25, -0.2) is 8.42 Å². The lowest BCUT2D eigenvalue weighted by Gasteiger charge is -2.25. The first-order chi connectivity index (χ1) is 9.86. The van der Waals surface area contributed by atoms with E-state index in [4.69, 9.17) is 5.73 Å². The standard InChI is InChI=1S/C15H25N3O2S/c1-12-9-15(7-6-13(12)10-16)21(19,20)18(3)11-14-5-4-8-17(14)2/h6-7,9,14H,4-5,8,10-11,16H2,1-3H3. The van der Waals surface area contributed by atoms with Crippen molar-refractivity contribution in [3.63, 3.8) is 0 Å². The molecule has 5 nitrogen and oxygen atoms in total. The topological polar surface area (TPSA) is 66.6 Å². The van der Waals surface area contributed by atoms with Gasteiger partial charge in [-0.2, -0.15) is 4.31 Å². The third-order valence-corrected chi connectivity index (χ3v) is 6.20. The molecule has 1 saturated heterocycles. The summed E-state index contributed by atoms with van der Waals surface area (Å²) in [6, 6.07) is 5.48. The van der Waals surface area contributed by atoms with Crippen LogP contribution in [-0.4, -0.2) is 50.8 Å². The molecule has 1 aromatic carbocycles. The number of rotatable bonds is 5. The van der Waals surface area contributed by atoms with Crippen molar-refractivity contribution in [2.45, 2.75) is 37.2 Å². The fourth-order valence-electron chi connectivity index (χ4n) is 2.84. The zero-order valence-electron chi connectivity index (χ0n) is 13.0. The molecule has 0 saturated carbocycles. The van der Waals surface area contributed by atoms with E-state index in [2.05, 4.69) is 11.9 Å². The Hall–Kier alpha value is -0.950. The molecule has 0 aromatic heterocycles. The molecule has 0 amide bonds. The van der Waals surface area contributed by atoms with Crippen LogP contribution in [0.3, 0.4) is 0 Å². The van der Waals surface area contributed by atoms with Crippen molar-refractivity contribution in [3.05, 3.63) is 29.3 Å². The molecule has 0 aliphatic carbocycles. The van der Waals surface area contributed by atoms with Gasteiger partial charge >= 0.3 is 0 Å². The highest BCUT2D eigenvalue weighted by Gasteiger charge is 2.28. The van der Waals surface area contributed by atoms with Crippen molar-refractivity contribution >= 4 is 10.0 Å². The van der Waals surface area contributed by atoms with Gasteiger partial charge in [0.1, 0.15) is 0 Å². The van der Waals surface area contributed by atoms with Crippen LogP contribution in [-0.2, 0) is 16.6 Å². The normalized spacial score (nSPS) is 20.3. The van der Waals surface area contributed by atoms with E-state index in [9.17, 15) is 8.42 Å². The molecule has 1 atom stereocenters. The molecule has 0 spiro atoms. The lowest BCUT2D eigenvalue weighted by atomic mass is 10.1. The summed E-state index contributed by atoms with van der Waals surface area (Å²) in [7, 11) is 0.283. The van der Waals surface area contributed by atoms with E-state index >= 15 is 0 Å². The average Bonchev–Trinajstić information content (AvgIpc) is 2.84. The minimum Gasteiger partial charge on any atom is -0.326 e. The molecule has 1 aliphatic rings. The lowest BCUT2D eigenvalue weighted by molar-refractivity contribution is 0.271. The quantitative estimate of drug-likeness (QED) is 0.886. The second kappa shape index (κ2) is 6.44. The highest BCUT2D eigenvalue weighted by Crippen LogP contribution is 2.21. The fraction of sp³-hybridized carbons (Fsp3) is 0.600. The van der Waals surface area contributed by atoms with E-state index in [0.717, 1.165) is 30.5 Å². The van der Waals surface area contributed by atoms with Gasteiger partial charge in [0.15, 0.2) is 0 Å². The van der Waals surface area contributed by atoms with E-state index in [1.165, 1.54) is 4.31 Å². The van der Waals surface area contributed by atoms with Crippen LogP contribution in [0.25, 0.3) is 0 Å². The SMILES string of the molecule is Cc1cc(S(=O)(=O)N(C)CC2CCCN2C)ccc1CN. The molecule has 2 N–H and O–H groups in total. The summed E-state index contributed by atoms with van der Waals surface area (Å²) in [4.78, 5) is 2.58. The van der Waals surface area contributed by atoms with Crippen molar-refractivity contribution in [2.24, 2.45) is 5.73 Å². The van der Waals surface area contributed by atoms with Crippen LogP contribution in [0.1, 0.15) is 24.0 Å². The first-order valence-corrected chi connectivity index (χ1v) is 8.76. The van der Waals surface area contributed by atoms with Gasteiger partial charge in [0.05, 0.1) is 4.90 Å². The molecule has 6 heteroatoms. The van der Waals surface area contributed by atoms with Crippen molar-refractivity contribution in [1.29, 1.82) is 0 Å². The highest BCUT2D eigenvalue weighted by atomic mass is 32.2. The zero-order chi connectivity index (χ0) is 15.6. The summed E-state index contributed by atoms with van der Waals surface area (Å²) >= 11 is 0. The molecule has 118 valence electrons. The van der Waals surface area contributed by atoms with Crippen molar-refractivity contribution in [3.8, 4) is 0 Å². The van der Waals surface area contributed by atoms with E-state index < -0.39 is 10.0 Å². The maximum Gasteiger partial charge on any atom is 0.242 e. The Kier molecular flexibility index (Phi) is 5.03. The fourth-order valence-corrected chi connectivity index (χ4v) is 4.14. The minimum atomic E-state index is -3.43. The maximum atomic E-state index is 12.7. The Morgan fingerprint density at radius 1 is 1.43 bits per heavy atom. The summed E-state index contributed by atoms with van der Waals surface area (Å²) in [5.74, 6) is 0. The molecule has 1 aromatic rings. The van der Waals surface area contributed by atoms with Crippen molar-refractivity contribution < 1.29 is 8.42 Å². The van der Waals surface area contributed by atoms with Crippen LogP contribution in [0.2, 0.25) is 0 Å². The summed E-state index contributed by atoms with van der Waals surface area (Å²) in [5.41, 5.74) is 7.53. The van der Waals surface area contributed by atoms with Gasteiger partial charge in [-0.15, -0.1) is 0 Å². The van der Waals surface area contributed by atoms with E-state index in [0.29, 0.717) is 24.0 Å².